The number of hydrogen-bond donors (Lipinski definition) is 0. The van der Waals surface area contributed by atoms with E-state index in [1.807, 2.05) is 44.0 Å². The minimum atomic E-state index is -0.475. The van der Waals surface area contributed by atoms with Crippen LogP contribution in [0.2, 0.25) is 5.02 Å². The van der Waals surface area contributed by atoms with Gasteiger partial charge < -0.3 is 9.64 Å². The fourth-order valence-corrected chi connectivity index (χ4v) is 5.28. The molecule has 4 nitrogen and oxygen atoms in total. The van der Waals surface area contributed by atoms with E-state index in [2.05, 4.69) is 31.2 Å². The van der Waals surface area contributed by atoms with E-state index in [1.165, 1.54) is 22.3 Å². The van der Waals surface area contributed by atoms with Crippen LogP contribution in [-0.4, -0.2) is 34.7 Å². The number of allylic oxidation sites excluding steroid dienone is 1. The molecule has 1 unspecified atom stereocenters. The second-order valence-corrected chi connectivity index (χ2v) is 10.7. The van der Waals surface area contributed by atoms with Crippen LogP contribution in [0.15, 0.2) is 36.5 Å². The zero-order valence-electron chi connectivity index (χ0n) is 20.2. The van der Waals surface area contributed by atoms with E-state index in [0.29, 0.717) is 19.0 Å². The molecule has 1 saturated heterocycles. The summed E-state index contributed by atoms with van der Waals surface area (Å²) in [6.07, 6.45) is 9.21. The molecule has 1 aliphatic carbocycles. The highest BCUT2D eigenvalue weighted by atomic mass is 35.5. The van der Waals surface area contributed by atoms with Crippen molar-refractivity contribution in [3.05, 3.63) is 63.9 Å². The van der Waals surface area contributed by atoms with Gasteiger partial charge in [-0.3, -0.25) is 4.98 Å². The van der Waals surface area contributed by atoms with Crippen LogP contribution in [0.4, 0.5) is 4.79 Å². The second-order valence-electron chi connectivity index (χ2n) is 10.3. The van der Waals surface area contributed by atoms with Crippen molar-refractivity contribution >= 4 is 29.3 Å². The van der Waals surface area contributed by atoms with Gasteiger partial charge in [0.15, 0.2) is 0 Å². The van der Waals surface area contributed by atoms with Crippen molar-refractivity contribution in [2.24, 2.45) is 5.92 Å². The van der Waals surface area contributed by atoms with Crippen molar-refractivity contribution in [3.63, 3.8) is 0 Å². The largest absolute Gasteiger partial charge is 0.444 e. The predicted octanol–water partition coefficient (Wildman–Crippen LogP) is 7.56. The van der Waals surface area contributed by atoms with Crippen molar-refractivity contribution < 1.29 is 9.53 Å². The molecule has 176 valence electrons. The summed E-state index contributed by atoms with van der Waals surface area (Å²) < 4.78 is 5.61. The Morgan fingerprint density at radius 2 is 1.97 bits per heavy atom. The average Bonchev–Trinajstić information content (AvgIpc) is 2.90. The number of carbonyl (C=O) groups is 1. The number of carbonyl (C=O) groups excluding carboxylic acids is 1. The third kappa shape index (κ3) is 5.43. The van der Waals surface area contributed by atoms with Gasteiger partial charge in [-0.15, -0.1) is 0 Å². The summed E-state index contributed by atoms with van der Waals surface area (Å²) in [5.74, 6) is 0.584. The lowest BCUT2D eigenvalue weighted by atomic mass is 9.76. The molecule has 1 aliphatic heterocycles. The number of unbranched alkanes of at least 4 members (excludes halogenated alkanes) is 1. The van der Waals surface area contributed by atoms with Gasteiger partial charge >= 0.3 is 6.09 Å². The van der Waals surface area contributed by atoms with Crippen LogP contribution in [0.3, 0.4) is 0 Å². The number of piperidine rings is 1. The lowest BCUT2D eigenvalue weighted by Crippen LogP contribution is -2.42. The van der Waals surface area contributed by atoms with Crippen molar-refractivity contribution in [1.29, 1.82) is 0 Å². The number of nitrogens with zero attached hydrogens (tertiary/aromatic N) is 2. The van der Waals surface area contributed by atoms with E-state index >= 15 is 0 Å². The van der Waals surface area contributed by atoms with Crippen molar-refractivity contribution in [3.8, 4) is 0 Å². The highest BCUT2D eigenvalue weighted by Crippen LogP contribution is 2.45. The normalized spacial score (nSPS) is 18.8. The van der Waals surface area contributed by atoms with Crippen LogP contribution in [0, 0.1) is 5.92 Å². The van der Waals surface area contributed by atoms with Gasteiger partial charge in [0.2, 0.25) is 0 Å². The van der Waals surface area contributed by atoms with E-state index in [4.69, 9.17) is 21.3 Å². The Morgan fingerprint density at radius 1 is 1.21 bits per heavy atom. The number of ether oxygens (including phenoxy) is 1. The first-order valence-electron chi connectivity index (χ1n) is 12.2. The molecule has 5 heteroatoms. The van der Waals surface area contributed by atoms with Crippen LogP contribution in [0.5, 0.6) is 0 Å². The first kappa shape index (κ1) is 23.8. The van der Waals surface area contributed by atoms with E-state index in [0.717, 1.165) is 42.8 Å². The molecule has 2 aliphatic rings. The summed E-state index contributed by atoms with van der Waals surface area (Å²) in [6, 6.07) is 10.5. The van der Waals surface area contributed by atoms with Crippen molar-refractivity contribution in [2.75, 3.05) is 13.1 Å². The average molecular weight is 467 g/mol. The first-order valence-corrected chi connectivity index (χ1v) is 12.6. The molecule has 0 bridgehead atoms. The molecule has 0 N–H and O–H groups in total. The molecule has 4 rings (SSSR count). The number of hydrogen-bond acceptors (Lipinski definition) is 3. The number of benzene rings is 1. The Bertz CT molecular complexity index is 1030. The molecule has 1 amide bonds. The van der Waals surface area contributed by atoms with Crippen molar-refractivity contribution in [1.82, 2.24) is 9.88 Å². The number of aromatic nitrogens is 1. The Labute approximate surface area is 203 Å². The van der Waals surface area contributed by atoms with Gasteiger partial charge in [-0.2, -0.15) is 0 Å². The molecule has 0 saturated carbocycles. The van der Waals surface area contributed by atoms with Gasteiger partial charge in [-0.1, -0.05) is 43.2 Å². The molecular weight excluding hydrogens is 432 g/mol. The van der Waals surface area contributed by atoms with Gasteiger partial charge in [0.1, 0.15) is 5.60 Å². The molecule has 1 aromatic carbocycles. The quantitative estimate of drug-likeness (QED) is 0.466. The van der Waals surface area contributed by atoms with Crippen molar-refractivity contribution in [2.45, 2.75) is 71.3 Å². The van der Waals surface area contributed by atoms with Crippen LogP contribution in [0.25, 0.3) is 11.6 Å². The summed E-state index contributed by atoms with van der Waals surface area (Å²) >= 11 is 6.43. The third-order valence-corrected chi connectivity index (χ3v) is 6.89. The Hall–Kier alpha value is -2.33. The van der Waals surface area contributed by atoms with Crippen LogP contribution < -0.4 is 0 Å². The second kappa shape index (κ2) is 9.89. The lowest BCUT2D eigenvalue weighted by Gasteiger charge is -2.37. The maximum absolute atomic E-state index is 12.6. The predicted molar refractivity (Wildman–Crippen MR) is 135 cm³/mol. The van der Waals surface area contributed by atoms with E-state index in [1.54, 1.807) is 0 Å². The van der Waals surface area contributed by atoms with E-state index in [-0.39, 0.29) is 12.0 Å². The summed E-state index contributed by atoms with van der Waals surface area (Å²) in [5.41, 5.74) is 5.79. The monoisotopic (exact) mass is 466 g/mol. The lowest BCUT2D eigenvalue weighted by molar-refractivity contribution is 0.0178. The fourth-order valence-electron chi connectivity index (χ4n) is 5.10. The fraction of sp³-hybridized carbons (Fsp3) is 0.500. The minimum absolute atomic E-state index is 0.185. The standard InChI is InChI=1S/C28H35ClN2O2/c1-5-6-8-20-17-21-18-22(29)10-11-23(21)25(26-24(20)9-7-14-30-26)19-12-15-31(16-13-19)27(32)33-28(2,3)4/h7,9-11,14,17-19,25H,5-6,8,12-13,15-16H2,1-4H3. The van der Waals surface area contributed by atoms with Gasteiger partial charge in [-0.05, 0) is 92.8 Å². The smallest absolute Gasteiger partial charge is 0.410 e. The number of amides is 1. The molecule has 1 aromatic heterocycles. The molecule has 2 heterocycles. The van der Waals surface area contributed by atoms with Crippen LogP contribution >= 0.6 is 11.6 Å². The third-order valence-electron chi connectivity index (χ3n) is 6.66. The van der Waals surface area contributed by atoms with Gasteiger partial charge in [0, 0.05) is 30.2 Å². The number of likely N-dealkylation sites (tertiary alicyclic amines) is 1. The molecule has 2 aromatic rings. The summed E-state index contributed by atoms with van der Waals surface area (Å²) in [4.78, 5) is 19.4. The SMILES string of the molecule is CCCCC1=Cc2cc(Cl)ccc2C(C2CCN(C(=O)OC(C)(C)C)CC2)c2ncccc21. The van der Waals surface area contributed by atoms with Crippen LogP contribution in [-0.2, 0) is 4.74 Å². The van der Waals surface area contributed by atoms with Crippen LogP contribution in [0.1, 0.15) is 88.1 Å². The first-order chi connectivity index (χ1) is 15.8. The Balaban J connectivity index is 1.66. The summed E-state index contributed by atoms with van der Waals surface area (Å²) in [7, 11) is 0. The van der Waals surface area contributed by atoms with Gasteiger partial charge in [0.05, 0.1) is 5.69 Å². The Kier molecular flexibility index (Phi) is 7.13. The molecule has 1 fully saturated rings. The zero-order chi connectivity index (χ0) is 23.6. The summed E-state index contributed by atoms with van der Waals surface area (Å²) in [5, 5.41) is 0.761. The Morgan fingerprint density at radius 3 is 2.67 bits per heavy atom. The van der Waals surface area contributed by atoms with Gasteiger partial charge in [-0.25, -0.2) is 4.79 Å². The molecule has 0 spiro atoms. The molecule has 33 heavy (non-hydrogen) atoms. The maximum Gasteiger partial charge on any atom is 0.410 e. The number of halogens is 1. The molecule has 1 atom stereocenters. The number of fused-ring (bicyclic) bond motifs is 2. The minimum Gasteiger partial charge on any atom is -0.444 e. The summed E-state index contributed by atoms with van der Waals surface area (Å²) in [6.45, 7) is 9.38. The van der Waals surface area contributed by atoms with E-state index < -0.39 is 5.60 Å². The topological polar surface area (TPSA) is 42.4 Å². The highest BCUT2D eigenvalue weighted by molar-refractivity contribution is 6.30. The van der Waals surface area contributed by atoms with E-state index in [9.17, 15) is 4.79 Å². The molecule has 0 radical (unpaired) electrons. The zero-order valence-corrected chi connectivity index (χ0v) is 21.0. The van der Waals surface area contributed by atoms with Gasteiger partial charge in [0.25, 0.3) is 0 Å². The highest BCUT2D eigenvalue weighted by Gasteiger charge is 2.36. The molecular formula is C28H35ClN2O2. The number of pyridine rings is 1. The number of rotatable bonds is 4. The maximum atomic E-state index is 12.6.